The number of ether oxygens (including phenoxy) is 2. The van der Waals surface area contributed by atoms with Gasteiger partial charge in [0.2, 0.25) is 5.88 Å². The highest BCUT2D eigenvalue weighted by molar-refractivity contribution is 5.94. The molecule has 2 aromatic rings. The van der Waals surface area contributed by atoms with Crippen LogP contribution in [0.4, 0.5) is 0 Å². The highest BCUT2D eigenvalue weighted by atomic mass is 16.5. The molecule has 2 aliphatic rings. The molecule has 1 spiro atoms. The van der Waals surface area contributed by atoms with Crippen molar-refractivity contribution in [1.29, 1.82) is 0 Å². The van der Waals surface area contributed by atoms with E-state index in [9.17, 15) is 4.79 Å². The monoisotopic (exact) mass is 328 g/mol. The third-order valence-electron chi connectivity index (χ3n) is 4.83. The highest BCUT2D eigenvalue weighted by Crippen LogP contribution is 2.40. The van der Waals surface area contributed by atoms with Gasteiger partial charge in [-0.25, -0.2) is 4.98 Å². The van der Waals surface area contributed by atoms with Gasteiger partial charge in [0, 0.05) is 38.0 Å². The Morgan fingerprint density at radius 1 is 1.46 bits per heavy atom. The fourth-order valence-electron chi connectivity index (χ4n) is 3.45. The minimum atomic E-state index is -0.271. The van der Waals surface area contributed by atoms with Gasteiger partial charge in [0.05, 0.1) is 31.5 Å². The van der Waals surface area contributed by atoms with Crippen LogP contribution in [-0.2, 0) is 11.8 Å². The number of aryl methyl sites for hydroxylation is 1. The zero-order valence-corrected chi connectivity index (χ0v) is 13.6. The summed E-state index contributed by atoms with van der Waals surface area (Å²) in [5.41, 5.74) is 0.346. The van der Waals surface area contributed by atoms with E-state index in [1.807, 2.05) is 23.1 Å². The van der Waals surface area contributed by atoms with Crippen LogP contribution in [0, 0.1) is 5.92 Å². The topological polar surface area (TPSA) is 69.5 Å². The molecule has 2 aromatic heterocycles. The van der Waals surface area contributed by atoms with Crippen LogP contribution in [0.2, 0.25) is 0 Å². The van der Waals surface area contributed by atoms with Crippen molar-refractivity contribution in [2.24, 2.45) is 13.0 Å². The molecule has 0 unspecified atom stereocenters. The number of hydrogen-bond acceptors (Lipinski definition) is 5. The van der Waals surface area contributed by atoms with Crippen LogP contribution in [0.5, 0.6) is 5.88 Å². The summed E-state index contributed by atoms with van der Waals surface area (Å²) in [6, 6.07) is 5.61. The summed E-state index contributed by atoms with van der Waals surface area (Å²) in [7, 11) is 1.81. The molecule has 7 nitrogen and oxygen atoms in total. The summed E-state index contributed by atoms with van der Waals surface area (Å²) < 4.78 is 13.4. The lowest BCUT2D eigenvalue weighted by Gasteiger charge is -2.49. The molecular formula is C17H20N4O3. The first kappa shape index (κ1) is 15.1. The van der Waals surface area contributed by atoms with Crippen LogP contribution in [-0.4, -0.2) is 57.5 Å². The molecule has 1 amide bonds. The molecule has 0 N–H and O–H groups in total. The number of hydrogen-bond donors (Lipinski definition) is 0. The molecule has 1 atom stereocenters. The molecule has 2 fully saturated rings. The summed E-state index contributed by atoms with van der Waals surface area (Å²) >= 11 is 0. The van der Waals surface area contributed by atoms with E-state index in [1.54, 1.807) is 30.3 Å². The number of nitrogens with zero attached hydrogens (tertiary/aromatic N) is 4. The quantitative estimate of drug-likeness (QED) is 0.841. The van der Waals surface area contributed by atoms with Gasteiger partial charge in [-0.15, -0.1) is 0 Å². The minimum Gasteiger partial charge on any atom is -0.477 e. The van der Waals surface area contributed by atoms with Crippen molar-refractivity contribution in [2.45, 2.75) is 12.0 Å². The van der Waals surface area contributed by atoms with Gasteiger partial charge in [-0.2, -0.15) is 5.10 Å². The van der Waals surface area contributed by atoms with E-state index in [-0.39, 0.29) is 17.4 Å². The van der Waals surface area contributed by atoms with E-state index >= 15 is 0 Å². The Labute approximate surface area is 140 Å². The van der Waals surface area contributed by atoms with Crippen LogP contribution in [0.25, 0.3) is 0 Å². The smallest absolute Gasteiger partial charge is 0.257 e. The standard InChI is InChI=1S/C17H20N4O3/c1-20-9-13(8-19-20)16(22)21-11-17(12-21)14(5-7-24-17)10-23-15-4-2-3-6-18-15/h2-4,6,8-9,14H,5,7,10-12H2,1H3/t14-/m0/s1. The average Bonchev–Trinajstić information content (AvgIpc) is 3.18. The number of aromatic nitrogens is 3. The fraction of sp³-hybridized carbons (Fsp3) is 0.471. The van der Waals surface area contributed by atoms with E-state index in [0.29, 0.717) is 37.7 Å². The van der Waals surface area contributed by atoms with Gasteiger partial charge < -0.3 is 14.4 Å². The van der Waals surface area contributed by atoms with Crippen molar-refractivity contribution in [3.8, 4) is 5.88 Å². The molecule has 4 rings (SSSR count). The molecule has 0 saturated carbocycles. The molecule has 2 saturated heterocycles. The Morgan fingerprint density at radius 3 is 3.04 bits per heavy atom. The van der Waals surface area contributed by atoms with E-state index in [0.717, 1.165) is 6.42 Å². The van der Waals surface area contributed by atoms with Crippen molar-refractivity contribution >= 4 is 5.91 Å². The summed E-state index contributed by atoms with van der Waals surface area (Å²) in [6.07, 6.45) is 6.00. The number of likely N-dealkylation sites (tertiary alicyclic amines) is 1. The lowest BCUT2D eigenvalue weighted by atomic mass is 9.81. The maximum Gasteiger partial charge on any atom is 0.257 e. The van der Waals surface area contributed by atoms with Gasteiger partial charge in [-0.05, 0) is 12.5 Å². The Morgan fingerprint density at radius 2 is 2.33 bits per heavy atom. The number of pyridine rings is 1. The van der Waals surface area contributed by atoms with Crippen molar-refractivity contribution < 1.29 is 14.3 Å². The predicted octanol–water partition coefficient (Wildman–Crippen LogP) is 1.13. The molecule has 4 heterocycles. The molecule has 0 aliphatic carbocycles. The number of rotatable bonds is 4. The van der Waals surface area contributed by atoms with Gasteiger partial charge >= 0.3 is 0 Å². The van der Waals surface area contributed by atoms with Crippen molar-refractivity contribution in [2.75, 3.05) is 26.3 Å². The first-order chi connectivity index (χ1) is 11.7. The number of carbonyl (C=O) groups excluding carboxylic acids is 1. The van der Waals surface area contributed by atoms with Crippen LogP contribution >= 0.6 is 0 Å². The molecule has 126 valence electrons. The van der Waals surface area contributed by atoms with Gasteiger partial charge in [-0.1, -0.05) is 6.07 Å². The van der Waals surface area contributed by atoms with E-state index in [4.69, 9.17) is 9.47 Å². The Bertz CT molecular complexity index is 724. The van der Waals surface area contributed by atoms with Gasteiger partial charge in [-0.3, -0.25) is 9.48 Å². The Balaban J connectivity index is 1.36. The number of carbonyl (C=O) groups is 1. The van der Waals surface area contributed by atoms with Crippen LogP contribution < -0.4 is 4.74 Å². The van der Waals surface area contributed by atoms with Gasteiger partial charge in [0.15, 0.2) is 0 Å². The fourth-order valence-corrected chi connectivity index (χ4v) is 3.45. The first-order valence-corrected chi connectivity index (χ1v) is 8.12. The zero-order valence-electron chi connectivity index (χ0n) is 13.6. The average molecular weight is 328 g/mol. The van der Waals surface area contributed by atoms with Gasteiger partial charge in [0.1, 0.15) is 5.60 Å². The summed E-state index contributed by atoms with van der Waals surface area (Å²) in [6.45, 7) is 2.49. The lowest BCUT2D eigenvalue weighted by Crippen LogP contribution is -2.66. The van der Waals surface area contributed by atoms with Crippen LogP contribution in [0.3, 0.4) is 0 Å². The third kappa shape index (κ3) is 2.65. The normalized spacial score (nSPS) is 21.7. The van der Waals surface area contributed by atoms with Crippen molar-refractivity contribution in [3.05, 3.63) is 42.4 Å². The second-order valence-corrected chi connectivity index (χ2v) is 6.44. The molecule has 0 radical (unpaired) electrons. The molecular weight excluding hydrogens is 308 g/mol. The summed E-state index contributed by atoms with van der Waals surface area (Å²) in [5.74, 6) is 0.910. The molecule has 2 aliphatic heterocycles. The number of amides is 1. The summed E-state index contributed by atoms with van der Waals surface area (Å²) in [5, 5.41) is 4.06. The SMILES string of the molecule is Cn1cc(C(=O)N2CC3(C2)OCC[C@H]3COc2ccccn2)cn1. The van der Waals surface area contributed by atoms with Crippen molar-refractivity contribution in [3.63, 3.8) is 0 Å². The van der Waals surface area contributed by atoms with Crippen LogP contribution in [0.15, 0.2) is 36.8 Å². The third-order valence-corrected chi connectivity index (χ3v) is 4.83. The molecule has 24 heavy (non-hydrogen) atoms. The minimum absolute atomic E-state index is 0.00798. The highest BCUT2D eigenvalue weighted by Gasteiger charge is 2.54. The summed E-state index contributed by atoms with van der Waals surface area (Å²) in [4.78, 5) is 18.4. The van der Waals surface area contributed by atoms with Gasteiger partial charge in [0.25, 0.3) is 5.91 Å². The first-order valence-electron chi connectivity index (χ1n) is 8.12. The molecule has 0 aromatic carbocycles. The van der Waals surface area contributed by atoms with E-state index < -0.39 is 0 Å². The Hall–Kier alpha value is -2.41. The second kappa shape index (κ2) is 5.90. The predicted molar refractivity (Wildman–Crippen MR) is 85.6 cm³/mol. The maximum absolute atomic E-state index is 12.4. The van der Waals surface area contributed by atoms with E-state index in [2.05, 4.69) is 10.1 Å². The maximum atomic E-state index is 12.4. The zero-order chi connectivity index (χ0) is 16.6. The largest absolute Gasteiger partial charge is 0.477 e. The van der Waals surface area contributed by atoms with Crippen molar-refractivity contribution in [1.82, 2.24) is 19.7 Å². The second-order valence-electron chi connectivity index (χ2n) is 6.44. The lowest BCUT2D eigenvalue weighted by molar-refractivity contribution is -0.122. The molecule has 7 heteroatoms. The Kier molecular flexibility index (Phi) is 3.72. The van der Waals surface area contributed by atoms with E-state index in [1.165, 1.54) is 0 Å². The van der Waals surface area contributed by atoms with Crippen LogP contribution in [0.1, 0.15) is 16.8 Å². The molecule has 0 bridgehead atoms.